The summed E-state index contributed by atoms with van der Waals surface area (Å²) in [5.41, 5.74) is 16.6. The van der Waals surface area contributed by atoms with Crippen LogP contribution in [0.3, 0.4) is 0 Å². The molecule has 0 radical (unpaired) electrons. The molecule has 0 saturated heterocycles. The van der Waals surface area contributed by atoms with Gasteiger partial charge in [-0.3, -0.25) is 4.57 Å². The number of para-hydroxylation sites is 1. The Morgan fingerprint density at radius 2 is 1.09 bits per heavy atom. The van der Waals surface area contributed by atoms with E-state index in [0.717, 1.165) is 39.6 Å². The Morgan fingerprint density at radius 3 is 1.69 bits per heavy atom. The second-order valence-electron chi connectivity index (χ2n) is 26.4. The molecular weight excluding hydrogens is 901 g/mol. The highest BCUT2D eigenvalue weighted by Crippen LogP contribution is 2.48. The van der Waals surface area contributed by atoms with Crippen LogP contribution in [0, 0.1) is 5.41 Å². The number of anilines is 2. The number of nitrogens with zero attached hydrogens (tertiary/aromatic N) is 4. The maximum absolute atomic E-state index is 7.53. The van der Waals surface area contributed by atoms with Crippen LogP contribution in [0.25, 0.3) is 38.8 Å². The van der Waals surface area contributed by atoms with E-state index in [0.29, 0.717) is 18.5 Å². The van der Waals surface area contributed by atoms with Crippen LogP contribution in [0.15, 0.2) is 152 Å². The molecule has 0 N–H and O–H groups in total. The fourth-order valence-electron chi connectivity index (χ4n) is 11.0. The van der Waals surface area contributed by atoms with Gasteiger partial charge < -0.3 is 14.5 Å². The number of pyridine rings is 1. The summed E-state index contributed by atoms with van der Waals surface area (Å²) in [5.74, 6) is 3.09. The molecule has 0 aliphatic carbocycles. The van der Waals surface area contributed by atoms with E-state index < -0.39 is 5.41 Å². The Bertz CT molecular complexity index is 3350. The summed E-state index contributed by atoms with van der Waals surface area (Å²) < 4.78 is 9.88. The highest BCUT2D eigenvalue weighted by atomic mass is 16.5. The highest BCUT2D eigenvalue weighted by molar-refractivity contribution is 6.12. The van der Waals surface area contributed by atoms with E-state index in [1.165, 1.54) is 66.7 Å². The summed E-state index contributed by atoms with van der Waals surface area (Å²) in [6.45, 7) is 42.4. The zero-order valence-electron chi connectivity index (χ0n) is 47.9. The van der Waals surface area contributed by atoms with Crippen molar-refractivity contribution in [3.63, 3.8) is 0 Å². The molecule has 6 aromatic carbocycles. The fourth-order valence-corrected chi connectivity index (χ4v) is 11.0. The van der Waals surface area contributed by atoms with E-state index in [-0.39, 0.29) is 21.7 Å². The predicted octanol–water partition coefficient (Wildman–Crippen LogP) is 19.3. The summed E-state index contributed by atoms with van der Waals surface area (Å²) in [6, 6.07) is 49.8. The zero-order valence-corrected chi connectivity index (χ0v) is 47.9. The van der Waals surface area contributed by atoms with Crippen LogP contribution in [-0.4, -0.2) is 16.2 Å². The van der Waals surface area contributed by atoms with Gasteiger partial charge in [0.25, 0.3) is 0 Å². The van der Waals surface area contributed by atoms with Crippen molar-refractivity contribution in [1.29, 1.82) is 0 Å². The van der Waals surface area contributed by atoms with Gasteiger partial charge in [0.2, 0.25) is 0 Å². The van der Waals surface area contributed by atoms with E-state index in [1.54, 1.807) is 0 Å². The van der Waals surface area contributed by atoms with E-state index in [2.05, 4.69) is 279 Å². The number of rotatable bonds is 10. The molecule has 0 unspecified atom stereocenters. The van der Waals surface area contributed by atoms with Crippen LogP contribution in [-0.2, 0) is 21.7 Å². The Morgan fingerprint density at radius 1 is 0.500 bits per heavy atom. The molecule has 5 nitrogen and oxygen atoms in total. The van der Waals surface area contributed by atoms with Crippen molar-refractivity contribution in [3.05, 3.63) is 190 Å². The number of fused-ring (bicyclic) bond motifs is 3. The van der Waals surface area contributed by atoms with Gasteiger partial charge in [0.15, 0.2) is 0 Å². The molecule has 74 heavy (non-hydrogen) atoms. The second kappa shape index (κ2) is 19.0. The average Bonchev–Trinajstić information content (AvgIpc) is 3.94. The Hall–Kier alpha value is -6.59. The number of ether oxygens (including phenoxy) is 1. The first-order valence-corrected chi connectivity index (χ1v) is 27.1. The standard InChI is InChI=1S/C69H82N4O/c1-44(2)55-28-24-29-56(45(3)4)63(55)46-33-52(72-43-71(42-61(72)68(14,15)16)51-36-49(66(8,9)10)35-50(37-51)67(11,12)13)39-53(34-46)74-54-40-58(69(17,18)47-25-20-19-21-26-47)64-57-27-22-23-30-59(57)73(60(64)41-54)62-38-48(31-32-70-62)65(5,6)7/h19-42,44-45H,43H2,1-18H3. The number of hydrogen-bond acceptors (Lipinski definition) is 4. The van der Waals surface area contributed by atoms with Crippen molar-refractivity contribution in [2.75, 3.05) is 16.5 Å². The van der Waals surface area contributed by atoms with Crippen LogP contribution >= 0.6 is 0 Å². The quantitative estimate of drug-likeness (QED) is 0.137. The van der Waals surface area contributed by atoms with Gasteiger partial charge in [0.1, 0.15) is 17.3 Å². The van der Waals surface area contributed by atoms with Gasteiger partial charge in [-0.15, -0.1) is 0 Å². The van der Waals surface area contributed by atoms with Gasteiger partial charge >= 0.3 is 0 Å². The van der Waals surface area contributed by atoms with Gasteiger partial charge in [0, 0.05) is 63.2 Å². The molecule has 1 aliphatic heterocycles. The maximum atomic E-state index is 7.53. The molecule has 5 heteroatoms. The van der Waals surface area contributed by atoms with Crippen LogP contribution in [0.4, 0.5) is 11.4 Å². The maximum Gasteiger partial charge on any atom is 0.137 e. The average molecular weight is 983 g/mol. The summed E-state index contributed by atoms with van der Waals surface area (Å²) in [5, 5.41) is 2.39. The van der Waals surface area contributed by atoms with Gasteiger partial charge in [-0.05, 0) is 127 Å². The van der Waals surface area contributed by atoms with Crippen LogP contribution < -0.4 is 14.5 Å². The van der Waals surface area contributed by atoms with Gasteiger partial charge in [0.05, 0.1) is 17.7 Å². The summed E-state index contributed by atoms with van der Waals surface area (Å²) in [4.78, 5) is 10.1. The minimum Gasteiger partial charge on any atom is -0.457 e. The Balaban J connectivity index is 1.30. The molecule has 0 bridgehead atoms. The Labute approximate surface area is 444 Å². The largest absolute Gasteiger partial charge is 0.457 e. The molecule has 0 atom stereocenters. The van der Waals surface area contributed by atoms with Crippen molar-refractivity contribution in [2.24, 2.45) is 5.41 Å². The monoisotopic (exact) mass is 983 g/mol. The van der Waals surface area contributed by atoms with Crippen LogP contribution in [0.5, 0.6) is 11.5 Å². The Kier molecular flexibility index (Phi) is 13.4. The summed E-state index contributed by atoms with van der Waals surface area (Å²) in [7, 11) is 0. The van der Waals surface area contributed by atoms with Crippen molar-refractivity contribution >= 4 is 33.2 Å². The molecule has 3 heterocycles. The molecule has 0 spiro atoms. The number of aromatic nitrogens is 2. The normalized spacial score (nSPS) is 14.0. The number of benzene rings is 6. The summed E-state index contributed by atoms with van der Waals surface area (Å²) in [6.07, 6.45) is 4.36. The number of hydrogen-bond donors (Lipinski definition) is 0. The molecule has 0 amide bonds. The first-order chi connectivity index (χ1) is 34.6. The lowest BCUT2D eigenvalue weighted by atomic mass is 9.76. The van der Waals surface area contributed by atoms with Gasteiger partial charge in [-0.25, -0.2) is 4.98 Å². The van der Waals surface area contributed by atoms with E-state index in [1.807, 2.05) is 6.20 Å². The highest BCUT2D eigenvalue weighted by Gasteiger charge is 2.35. The molecule has 1 aliphatic rings. The molecule has 0 saturated carbocycles. The lowest BCUT2D eigenvalue weighted by Gasteiger charge is -2.32. The zero-order chi connectivity index (χ0) is 53.4. The predicted molar refractivity (Wildman–Crippen MR) is 317 cm³/mol. The number of allylic oxidation sites excluding steroid dienone is 1. The van der Waals surface area contributed by atoms with Crippen molar-refractivity contribution in [3.8, 4) is 28.4 Å². The third-order valence-corrected chi connectivity index (χ3v) is 15.5. The van der Waals surface area contributed by atoms with Crippen molar-refractivity contribution < 1.29 is 4.74 Å². The molecule has 384 valence electrons. The minimum atomic E-state index is -0.396. The molecular formula is C69H82N4O. The van der Waals surface area contributed by atoms with Gasteiger partial charge in [-0.1, -0.05) is 197 Å². The smallest absolute Gasteiger partial charge is 0.137 e. The molecule has 9 rings (SSSR count). The lowest BCUT2D eigenvalue weighted by molar-refractivity contribution is 0.479. The van der Waals surface area contributed by atoms with E-state index in [4.69, 9.17) is 9.72 Å². The van der Waals surface area contributed by atoms with Crippen LogP contribution in [0.2, 0.25) is 0 Å². The summed E-state index contributed by atoms with van der Waals surface area (Å²) >= 11 is 0. The molecule has 0 fully saturated rings. The fraction of sp³-hybridized carbons (Fsp3) is 0.377. The van der Waals surface area contributed by atoms with E-state index in [9.17, 15) is 0 Å². The lowest BCUT2D eigenvalue weighted by Crippen LogP contribution is -2.31. The first-order valence-electron chi connectivity index (χ1n) is 27.1. The van der Waals surface area contributed by atoms with Crippen molar-refractivity contribution in [2.45, 2.75) is 158 Å². The minimum absolute atomic E-state index is 0.00891. The van der Waals surface area contributed by atoms with Crippen molar-refractivity contribution in [1.82, 2.24) is 9.55 Å². The second-order valence-corrected chi connectivity index (χ2v) is 26.4. The molecule has 2 aromatic heterocycles. The first kappa shape index (κ1) is 52.3. The topological polar surface area (TPSA) is 33.5 Å². The van der Waals surface area contributed by atoms with Crippen LogP contribution in [0.1, 0.15) is 175 Å². The van der Waals surface area contributed by atoms with Gasteiger partial charge in [-0.2, -0.15) is 0 Å². The molecule has 8 aromatic rings. The third kappa shape index (κ3) is 10.0. The van der Waals surface area contributed by atoms with E-state index >= 15 is 0 Å². The third-order valence-electron chi connectivity index (χ3n) is 15.5. The SMILES string of the molecule is CC(C)c1cccc(C(C)C)c1-c1cc(Oc2cc(C(C)(C)c3ccccc3)c3c4ccccc4n(-c4cc(C(C)(C)C)ccn4)c3c2)cc(N2CN(c3cc(C(C)(C)C)cc(C(C)(C)C)c3)C=C2C(C)(C)C)c1.